The number of methoxy groups -OCH3 is 1. The van der Waals surface area contributed by atoms with Gasteiger partial charge in [-0.15, -0.1) is 0 Å². The maximum Gasteiger partial charge on any atom is 0.501 e. The van der Waals surface area contributed by atoms with E-state index in [2.05, 4.69) is 40.6 Å². The Morgan fingerprint density at radius 2 is 1.53 bits per heavy atom. The number of benzene rings is 3. The highest BCUT2D eigenvalue weighted by molar-refractivity contribution is 7.92. The molecule has 1 aliphatic carbocycles. The number of hydrogen-bond donors (Lipinski definition) is 4. The Bertz CT molecular complexity index is 2380. The van der Waals surface area contributed by atoms with Crippen LogP contribution < -0.4 is 26.0 Å². The molecule has 24 heteroatoms. The first-order valence-electron chi connectivity index (χ1n) is 16.8. The number of sulfone groups is 1. The van der Waals surface area contributed by atoms with Crippen LogP contribution in [0, 0.1) is 0 Å². The zero-order valence-corrected chi connectivity index (χ0v) is 31.6. The number of nitrogens with one attached hydrogen (secondary N) is 4. The van der Waals surface area contributed by atoms with Crippen molar-refractivity contribution in [3.63, 3.8) is 0 Å². The lowest BCUT2D eigenvalue weighted by atomic mass is 10.1. The standard InChI is InChI=1S/C35H29ClF6N8O8S/c1-57-29(54)25(13-16-43-27(52)28(53)44-23-3-2-4-24(17-23)59(55,56)35(40,41)42)46-26(51)19-5-11-22(12-6-19)45-30-47-31(49-32(48-30)58-18-34(37,38)39)50-33(14-15-33)20-7-9-21(36)10-8-20/h2-12,17H,13-16,18H2,1H3,(H,43,52)(H,44,53)(H2,45,47,48,49,50). The maximum atomic E-state index is 13.0. The first-order valence-corrected chi connectivity index (χ1v) is 18.6. The molecule has 0 spiro atoms. The second-order valence-electron chi connectivity index (χ2n) is 12.4. The summed E-state index contributed by atoms with van der Waals surface area (Å²) in [4.78, 5) is 64.8. The first kappa shape index (κ1) is 43.8. The Morgan fingerprint density at radius 3 is 2.14 bits per heavy atom. The predicted molar refractivity (Wildman–Crippen MR) is 197 cm³/mol. The molecule has 5 rings (SSSR count). The zero-order chi connectivity index (χ0) is 43.2. The van der Waals surface area contributed by atoms with E-state index in [0.717, 1.165) is 24.8 Å². The van der Waals surface area contributed by atoms with E-state index in [-0.39, 0.29) is 23.1 Å². The van der Waals surface area contributed by atoms with Crippen molar-refractivity contribution >= 4 is 74.1 Å². The number of esters is 1. The Morgan fingerprint density at radius 1 is 0.864 bits per heavy atom. The van der Waals surface area contributed by atoms with Crippen molar-refractivity contribution in [2.45, 2.75) is 41.4 Å². The van der Waals surface area contributed by atoms with Crippen LogP contribution in [0.4, 0.5) is 49.6 Å². The number of halogens is 7. The number of aromatic nitrogens is 3. The SMILES string of the molecule is COC(=O)C(CCNC(=O)C(=O)Nc1cccc(S(=O)(=O)C(F)(F)F)c1)=NC(=O)c1ccc(Nc2nc(NC3(c4ccc(Cl)cc4)CC3)nc(OCC(F)(F)F)n2)cc1. The fraction of sp³-hybridized carbons (Fsp3) is 0.257. The number of aliphatic imine (C=N–C) groups is 1. The van der Waals surface area contributed by atoms with Gasteiger partial charge in [-0.25, -0.2) is 18.2 Å². The summed E-state index contributed by atoms with van der Waals surface area (Å²) >= 11 is 6.01. The number of rotatable bonds is 14. The van der Waals surface area contributed by atoms with Crippen LogP contribution in [0.1, 0.15) is 35.2 Å². The molecule has 4 N–H and O–H groups in total. The molecule has 1 saturated carbocycles. The lowest BCUT2D eigenvalue weighted by Crippen LogP contribution is -2.37. The number of amides is 3. The molecule has 4 aromatic rings. The van der Waals surface area contributed by atoms with E-state index in [1.54, 1.807) is 24.3 Å². The highest BCUT2D eigenvalue weighted by Gasteiger charge is 2.47. The van der Waals surface area contributed by atoms with E-state index in [9.17, 15) is 53.9 Å². The van der Waals surface area contributed by atoms with Crippen LogP contribution in [0.2, 0.25) is 5.02 Å². The highest BCUT2D eigenvalue weighted by Crippen LogP contribution is 2.48. The lowest BCUT2D eigenvalue weighted by molar-refractivity contribution is -0.154. The molecule has 0 bridgehead atoms. The van der Waals surface area contributed by atoms with Gasteiger partial charge in [0, 0.05) is 34.9 Å². The largest absolute Gasteiger partial charge is 0.501 e. The first-order chi connectivity index (χ1) is 27.7. The Kier molecular flexibility index (Phi) is 13.1. The molecule has 59 heavy (non-hydrogen) atoms. The zero-order valence-electron chi connectivity index (χ0n) is 30.1. The molecule has 312 valence electrons. The molecule has 0 saturated heterocycles. The van der Waals surface area contributed by atoms with Crippen LogP contribution >= 0.6 is 11.6 Å². The van der Waals surface area contributed by atoms with E-state index in [0.29, 0.717) is 30.0 Å². The molecule has 1 aromatic heterocycles. The van der Waals surface area contributed by atoms with Gasteiger partial charge in [0.2, 0.25) is 11.9 Å². The van der Waals surface area contributed by atoms with Gasteiger partial charge in [-0.1, -0.05) is 29.8 Å². The quantitative estimate of drug-likeness (QED) is 0.0533. The number of anilines is 4. The van der Waals surface area contributed by atoms with Crippen LogP contribution in [-0.4, -0.2) is 84.7 Å². The molecule has 1 aliphatic rings. The van der Waals surface area contributed by atoms with Crippen LogP contribution in [-0.2, 0) is 34.5 Å². The van der Waals surface area contributed by atoms with Crippen molar-refractivity contribution in [3.05, 3.63) is 88.9 Å². The molecule has 0 unspecified atom stereocenters. The van der Waals surface area contributed by atoms with Crippen molar-refractivity contribution in [2.24, 2.45) is 4.99 Å². The van der Waals surface area contributed by atoms with Gasteiger partial charge in [-0.3, -0.25) is 14.4 Å². The van der Waals surface area contributed by atoms with Crippen molar-refractivity contribution in [1.29, 1.82) is 0 Å². The number of nitrogens with zero attached hydrogens (tertiary/aromatic N) is 4. The minimum absolute atomic E-state index is 0.0547. The molecule has 3 amide bonds. The van der Waals surface area contributed by atoms with Gasteiger partial charge in [0.05, 0.1) is 17.5 Å². The lowest BCUT2D eigenvalue weighted by Gasteiger charge is -2.19. The van der Waals surface area contributed by atoms with Crippen LogP contribution in [0.15, 0.2) is 82.7 Å². The third kappa shape index (κ3) is 11.6. The third-order valence-electron chi connectivity index (χ3n) is 8.08. The minimum atomic E-state index is -5.74. The molecule has 0 radical (unpaired) electrons. The topological polar surface area (TPSA) is 220 Å². The van der Waals surface area contributed by atoms with Crippen molar-refractivity contribution < 1.29 is 63.4 Å². The van der Waals surface area contributed by atoms with Gasteiger partial charge in [-0.05, 0) is 73.0 Å². The van der Waals surface area contributed by atoms with Crippen LogP contribution in [0.5, 0.6) is 6.01 Å². The Balaban J connectivity index is 1.23. The summed E-state index contributed by atoms with van der Waals surface area (Å²) in [7, 11) is -4.75. The molecular weight excluding hydrogens is 842 g/mol. The summed E-state index contributed by atoms with van der Waals surface area (Å²) in [5.74, 6) is -5.04. The van der Waals surface area contributed by atoms with Crippen molar-refractivity contribution in [3.8, 4) is 6.01 Å². The van der Waals surface area contributed by atoms with Gasteiger partial charge < -0.3 is 30.7 Å². The number of carbonyl (C=O) groups excluding carboxylic acids is 4. The molecule has 0 atom stereocenters. The van der Waals surface area contributed by atoms with Crippen LogP contribution in [0.3, 0.4) is 0 Å². The fourth-order valence-corrected chi connectivity index (χ4v) is 5.98. The summed E-state index contributed by atoms with van der Waals surface area (Å²) < 4.78 is 110. The Labute approximate surface area is 334 Å². The second kappa shape index (κ2) is 17.6. The average Bonchev–Trinajstić information content (AvgIpc) is 3.96. The smallest absolute Gasteiger partial charge is 0.465 e. The van der Waals surface area contributed by atoms with Gasteiger partial charge in [0.15, 0.2) is 6.61 Å². The van der Waals surface area contributed by atoms with Gasteiger partial charge in [0.1, 0.15) is 5.71 Å². The van der Waals surface area contributed by atoms with E-state index < -0.39 is 92.6 Å². The van der Waals surface area contributed by atoms with Crippen molar-refractivity contribution in [1.82, 2.24) is 20.3 Å². The van der Waals surface area contributed by atoms with E-state index >= 15 is 0 Å². The highest BCUT2D eigenvalue weighted by atomic mass is 35.5. The third-order valence-corrected chi connectivity index (χ3v) is 9.82. The molecule has 16 nitrogen and oxygen atoms in total. The summed E-state index contributed by atoms with van der Waals surface area (Å²) in [6.45, 7) is -2.14. The normalized spacial score (nSPS) is 13.8. The van der Waals surface area contributed by atoms with Gasteiger partial charge in [-0.2, -0.15) is 41.3 Å². The summed E-state index contributed by atoms with van der Waals surface area (Å²) in [5, 5.41) is 10.5. The average molecular weight is 871 g/mol. The second-order valence-corrected chi connectivity index (χ2v) is 14.8. The van der Waals surface area contributed by atoms with E-state index in [1.807, 2.05) is 5.32 Å². The molecule has 1 fully saturated rings. The van der Waals surface area contributed by atoms with Crippen LogP contribution in [0.25, 0.3) is 0 Å². The van der Waals surface area contributed by atoms with Gasteiger partial charge >= 0.3 is 35.5 Å². The molecule has 3 aromatic carbocycles. The maximum absolute atomic E-state index is 13.0. The summed E-state index contributed by atoms with van der Waals surface area (Å²) in [6.07, 6.45) is -3.80. The minimum Gasteiger partial charge on any atom is -0.465 e. The number of carbonyl (C=O) groups is 4. The monoisotopic (exact) mass is 870 g/mol. The predicted octanol–water partition coefficient (Wildman–Crippen LogP) is 5.50. The molecule has 0 aliphatic heterocycles. The van der Waals surface area contributed by atoms with Gasteiger partial charge in [0.25, 0.3) is 15.7 Å². The number of hydrogen-bond acceptors (Lipinski definition) is 13. The van der Waals surface area contributed by atoms with E-state index in [1.165, 1.54) is 24.3 Å². The fourth-order valence-electron chi connectivity index (χ4n) is 5.04. The number of alkyl halides is 6. The number of ether oxygens (including phenoxy) is 2. The van der Waals surface area contributed by atoms with Crippen molar-refractivity contribution in [2.75, 3.05) is 36.2 Å². The van der Waals surface area contributed by atoms with E-state index in [4.69, 9.17) is 16.3 Å². The summed E-state index contributed by atoms with van der Waals surface area (Å²) in [5.41, 5.74) is -6.09. The molecule has 1 heterocycles. The Hall–Kier alpha value is -6.36. The summed E-state index contributed by atoms with van der Waals surface area (Å²) in [6, 6.07) is 14.8. The molecular formula is C35H29ClF6N8O8S.